The van der Waals surface area contributed by atoms with Gasteiger partial charge < -0.3 is 4.74 Å². The zero-order chi connectivity index (χ0) is 11.6. The highest BCUT2D eigenvalue weighted by Crippen LogP contribution is 2.13. The summed E-state index contributed by atoms with van der Waals surface area (Å²) in [4.78, 5) is 0. The van der Waals surface area contributed by atoms with Crippen LogP contribution in [0.1, 0.15) is 25.3 Å². The third kappa shape index (κ3) is 5.09. The molecule has 0 radical (unpaired) electrons. The molecule has 86 valence electrons. The maximum Gasteiger partial charge on any atom is 0.120 e. The second-order valence-corrected chi connectivity index (χ2v) is 4.68. The van der Waals surface area contributed by atoms with Gasteiger partial charge in [0.15, 0.2) is 0 Å². The Balaban J connectivity index is 2.19. The van der Waals surface area contributed by atoms with Gasteiger partial charge >= 0.3 is 0 Å². The van der Waals surface area contributed by atoms with Crippen molar-refractivity contribution in [3.63, 3.8) is 0 Å². The summed E-state index contributed by atoms with van der Waals surface area (Å²) in [6.07, 6.45) is 2.52. The molecule has 1 aromatic rings. The molecule has 3 heteroatoms. The zero-order valence-electron chi connectivity index (χ0n) is 9.61. The standard InChI is InChI=1S/C13H17NOS/c1-2-3-8-16-9-7-15-13-6-4-5-12(10-13)11-14/h4-6,10H,2-3,7-9H2,1H3. The first-order chi connectivity index (χ1) is 7.86. The van der Waals surface area contributed by atoms with E-state index in [1.807, 2.05) is 23.9 Å². The van der Waals surface area contributed by atoms with E-state index in [1.54, 1.807) is 12.1 Å². The molecule has 2 nitrogen and oxygen atoms in total. The van der Waals surface area contributed by atoms with E-state index in [4.69, 9.17) is 10.00 Å². The predicted molar refractivity (Wildman–Crippen MR) is 68.9 cm³/mol. The van der Waals surface area contributed by atoms with E-state index in [0.29, 0.717) is 12.2 Å². The van der Waals surface area contributed by atoms with Crippen LogP contribution in [0.2, 0.25) is 0 Å². The smallest absolute Gasteiger partial charge is 0.120 e. The number of unbranched alkanes of at least 4 members (excludes halogenated alkanes) is 1. The van der Waals surface area contributed by atoms with Crippen molar-refractivity contribution in [2.24, 2.45) is 0 Å². The maximum atomic E-state index is 8.72. The number of thioether (sulfide) groups is 1. The molecule has 0 atom stereocenters. The zero-order valence-corrected chi connectivity index (χ0v) is 10.4. The van der Waals surface area contributed by atoms with Crippen molar-refractivity contribution in [2.75, 3.05) is 18.1 Å². The molecule has 0 spiro atoms. The number of benzene rings is 1. The molecule has 1 rings (SSSR count). The number of hydrogen-bond donors (Lipinski definition) is 0. The van der Waals surface area contributed by atoms with Crippen LogP contribution in [-0.4, -0.2) is 18.1 Å². The van der Waals surface area contributed by atoms with Crippen molar-refractivity contribution in [1.82, 2.24) is 0 Å². The Morgan fingerprint density at radius 2 is 2.25 bits per heavy atom. The van der Waals surface area contributed by atoms with Crippen LogP contribution < -0.4 is 4.74 Å². The molecule has 0 aromatic heterocycles. The van der Waals surface area contributed by atoms with Crippen molar-refractivity contribution in [2.45, 2.75) is 19.8 Å². The van der Waals surface area contributed by atoms with Gasteiger partial charge in [-0.25, -0.2) is 0 Å². The lowest BCUT2D eigenvalue weighted by molar-refractivity contribution is 0.344. The normalized spacial score (nSPS) is 9.75. The van der Waals surface area contributed by atoms with Crippen LogP contribution in [0.15, 0.2) is 24.3 Å². The molecular weight excluding hydrogens is 218 g/mol. The van der Waals surface area contributed by atoms with Gasteiger partial charge in [0.2, 0.25) is 0 Å². The summed E-state index contributed by atoms with van der Waals surface area (Å²) >= 11 is 1.92. The Hall–Kier alpha value is -1.14. The van der Waals surface area contributed by atoms with Gasteiger partial charge in [0.25, 0.3) is 0 Å². The summed E-state index contributed by atoms with van der Waals surface area (Å²) in [5, 5.41) is 8.72. The first-order valence-corrected chi connectivity index (χ1v) is 6.73. The van der Waals surface area contributed by atoms with Gasteiger partial charge in [0, 0.05) is 5.75 Å². The third-order valence-corrected chi connectivity index (χ3v) is 3.13. The highest BCUT2D eigenvalue weighted by molar-refractivity contribution is 7.99. The molecule has 0 heterocycles. The molecule has 0 saturated heterocycles. The Morgan fingerprint density at radius 3 is 3.00 bits per heavy atom. The maximum absolute atomic E-state index is 8.72. The van der Waals surface area contributed by atoms with Gasteiger partial charge in [-0.05, 0) is 30.4 Å². The molecule has 16 heavy (non-hydrogen) atoms. The summed E-state index contributed by atoms with van der Waals surface area (Å²) in [6, 6.07) is 9.39. The van der Waals surface area contributed by atoms with E-state index in [9.17, 15) is 0 Å². The number of ether oxygens (including phenoxy) is 1. The summed E-state index contributed by atoms with van der Waals surface area (Å²) in [6.45, 7) is 2.91. The molecule has 0 N–H and O–H groups in total. The van der Waals surface area contributed by atoms with Gasteiger partial charge in [-0.15, -0.1) is 0 Å². The number of nitriles is 1. The van der Waals surface area contributed by atoms with Crippen LogP contribution >= 0.6 is 11.8 Å². The first-order valence-electron chi connectivity index (χ1n) is 5.57. The minimum absolute atomic E-state index is 0.649. The second kappa shape index (κ2) is 8.06. The average Bonchev–Trinajstić information content (AvgIpc) is 2.34. The molecular formula is C13H17NOS. The third-order valence-electron chi connectivity index (χ3n) is 2.10. The molecule has 0 fully saturated rings. The molecule has 0 unspecified atom stereocenters. The summed E-state index contributed by atoms with van der Waals surface area (Å²) in [5.74, 6) is 3.00. The van der Waals surface area contributed by atoms with Gasteiger partial charge in [-0.3, -0.25) is 0 Å². The highest BCUT2D eigenvalue weighted by atomic mass is 32.2. The quantitative estimate of drug-likeness (QED) is 0.678. The van der Waals surface area contributed by atoms with Crippen molar-refractivity contribution in [3.05, 3.63) is 29.8 Å². The fourth-order valence-electron chi connectivity index (χ4n) is 1.22. The molecule has 0 bridgehead atoms. The van der Waals surface area contributed by atoms with E-state index in [2.05, 4.69) is 13.0 Å². The molecule has 1 aromatic carbocycles. The lowest BCUT2D eigenvalue weighted by atomic mass is 10.2. The van der Waals surface area contributed by atoms with E-state index in [1.165, 1.54) is 18.6 Å². The SMILES string of the molecule is CCCCSCCOc1cccc(C#N)c1. The lowest BCUT2D eigenvalue weighted by Crippen LogP contribution is -2.00. The minimum atomic E-state index is 0.649. The van der Waals surface area contributed by atoms with Crippen LogP contribution in [0.25, 0.3) is 0 Å². The Kier molecular flexibility index (Phi) is 6.52. The Morgan fingerprint density at radius 1 is 1.38 bits per heavy atom. The van der Waals surface area contributed by atoms with Crippen molar-refractivity contribution >= 4 is 11.8 Å². The number of hydrogen-bond acceptors (Lipinski definition) is 3. The van der Waals surface area contributed by atoms with Crippen LogP contribution in [0.4, 0.5) is 0 Å². The van der Waals surface area contributed by atoms with Crippen LogP contribution in [0.5, 0.6) is 5.75 Å². The lowest BCUT2D eigenvalue weighted by Gasteiger charge is -2.05. The number of rotatable bonds is 7. The van der Waals surface area contributed by atoms with Gasteiger partial charge in [0.1, 0.15) is 5.75 Å². The molecule has 0 amide bonds. The first kappa shape index (κ1) is 12.9. The fourth-order valence-corrected chi connectivity index (χ4v) is 2.12. The van der Waals surface area contributed by atoms with E-state index < -0.39 is 0 Å². The molecule has 0 aliphatic rings. The topological polar surface area (TPSA) is 33.0 Å². The van der Waals surface area contributed by atoms with E-state index in [0.717, 1.165) is 11.5 Å². The fraction of sp³-hybridized carbons (Fsp3) is 0.462. The van der Waals surface area contributed by atoms with E-state index >= 15 is 0 Å². The van der Waals surface area contributed by atoms with E-state index in [-0.39, 0.29) is 0 Å². The van der Waals surface area contributed by atoms with Crippen molar-refractivity contribution in [3.8, 4) is 11.8 Å². The predicted octanol–water partition coefficient (Wildman–Crippen LogP) is 3.47. The molecule has 0 aliphatic carbocycles. The van der Waals surface area contributed by atoms with Crippen LogP contribution in [0.3, 0.4) is 0 Å². The van der Waals surface area contributed by atoms with Crippen molar-refractivity contribution in [1.29, 1.82) is 5.26 Å². The highest BCUT2D eigenvalue weighted by Gasteiger charge is 1.96. The van der Waals surface area contributed by atoms with Crippen LogP contribution in [-0.2, 0) is 0 Å². The van der Waals surface area contributed by atoms with Gasteiger partial charge in [-0.2, -0.15) is 17.0 Å². The van der Waals surface area contributed by atoms with Gasteiger partial charge in [-0.1, -0.05) is 19.4 Å². The number of nitrogens with zero attached hydrogens (tertiary/aromatic N) is 1. The monoisotopic (exact) mass is 235 g/mol. The summed E-state index contributed by atoms with van der Waals surface area (Å²) in [5.41, 5.74) is 0.649. The second-order valence-electron chi connectivity index (χ2n) is 3.45. The van der Waals surface area contributed by atoms with Crippen molar-refractivity contribution < 1.29 is 4.74 Å². The largest absolute Gasteiger partial charge is 0.493 e. The average molecular weight is 235 g/mol. The summed E-state index contributed by atoms with van der Waals surface area (Å²) < 4.78 is 5.56. The van der Waals surface area contributed by atoms with Gasteiger partial charge in [0.05, 0.1) is 18.2 Å². The summed E-state index contributed by atoms with van der Waals surface area (Å²) in [7, 11) is 0. The molecule has 0 saturated carbocycles. The molecule has 0 aliphatic heterocycles. The Labute approximate surface area is 102 Å². The Bertz CT molecular complexity index is 346. The van der Waals surface area contributed by atoms with Crippen LogP contribution in [0, 0.1) is 11.3 Å². The minimum Gasteiger partial charge on any atom is -0.493 e.